The van der Waals surface area contributed by atoms with Gasteiger partial charge in [-0.15, -0.1) is 0 Å². The van der Waals surface area contributed by atoms with E-state index >= 15 is 0 Å². The van der Waals surface area contributed by atoms with Crippen LogP contribution in [0.2, 0.25) is 5.02 Å². The van der Waals surface area contributed by atoms with Crippen LogP contribution < -0.4 is 5.32 Å². The van der Waals surface area contributed by atoms with Crippen molar-refractivity contribution in [3.63, 3.8) is 0 Å². The zero-order valence-corrected chi connectivity index (χ0v) is 12.2. The summed E-state index contributed by atoms with van der Waals surface area (Å²) < 4.78 is 0. The van der Waals surface area contributed by atoms with E-state index in [1.54, 1.807) is 12.3 Å². The van der Waals surface area contributed by atoms with Crippen LogP contribution in [0.3, 0.4) is 0 Å². The summed E-state index contributed by atoms with van der Waals surface area (Å²) in [6.45, 7) is 4.82. The van der Waals surface area contributed by atoms with E-state index in [1.165, 1.54) is 6.20 Å². The van der Waals surface area contributed by atoms with Gasteiger partial charge in [0.15, 0.2) is 0 Å². The summed E-state index contributed by atoms with van der Waals surface area (Å²) >= 11 is 5.93. The summed E-state index contributed by atoms with van der Waals surface area (Å²) in [5, 5.41) is 12.4. The Labute approximate surface area is 119 Å². The number of hydrogen-bond acceptors (Lipinski definition) is 3. The van der Waals surface area contributed by atoms with E-state index in [0.717, 1.165) is 12.8 Å². The van der Waals surface area contributed by atoms with Gasteiger partial charge in [-0.05, 0) is 30.7 Å². The number of pyridine rings is 1. The van der Waals surface area contributed by atoms with Gasteiger partial charge in [0.2, 0.25) is 0 Å². The first-order valence-electron chi connectivity index (χ1n) is 6.57. The molecule has 2 N–H and O–H groups in total. The van der Waals surface area contributed by atoms with Gasteiger partial charge in [0.1, 0.15) is 0 Å². The van der Waals surface area contributed by atoms with E-state index in [-0.39, 0.29) is 17.9 Å². The quantitative estimate of drug-likeness (QED) is 0.809. The van der Waals surface area contributed by atoms with Crippen LogP contribution in [0.5, 0.6) is 0 Å². The second-order valence-corrected chi connectivity index (χ2v) is 5.13. The minimum atomic E-state index is -0.198. The molecule has 1 aromatic rings. The van der Waals surface area contributed by atoms with Crippen molar-refractivity contribution in [2.24, 2.45) is 5.41 Å². The molecule has 0 fully saturated rings. The lowest BCUT2D eigenvalue weighted by molar-refractivity contribution is 0.0907. The molecule has 0 spiro atoms. The van der Waals surface area contributed by atoms with Crippen molar-refractivity contribution < 1.29 is 9.90 Å². The van der Waals surface area contributed by atoms with Crippen LogP contribution in [0.1, 0.15) is 43.5 Å². The molecule has 0 aliphatic heterocycles. The van der Waals surface area contributed by atoms with Gasteiger partial charge < -0.3 is 10.4 Å². The Balaban J connectivity index is 2.70. The molecule has 0 aromatic carbocycles. The van der Waals surface area contributed by atoms with Crippen molar-refractivity contribution in [2.45, 2.75) is 33.1 Å². The van der Waals surface area contributed by atoms with Crippen molar-refractivity contribution in [1.82, 2.24) is 10.3 Å². The van der Waals surface area contributed by atoms with Crippen LogP contribution in [0.25, 0.3) is 0 Å². The van der Waals surface area contributed by atoms with Gasteiger partial charge in [0.25, 0.3) is 5.91 Å². The molecule has 1 rings (SSSR count). The Hall–Kier alpha value is -1.13. The van der Waals surface area contributed by atoms with E-state index in [0.29, 0.717) is 23.6 Å². The van der Waals surface area contributed by atoms with Gasteiger partial charge in [-0.25, -0.2) is 0 Å². The summed E-state index contributed by atoms with van der Waals surface area (Å²) in [6, 6.07) is 1.60. The van der Waals surface area contributed by atoms with Crippen LogP contribution in [0, 0.1) is 5.41 Å². The van der Waals surface area contributed by atoms with Crippen molar-refractivity contribution in [3.05, 3.63) is 29.0 Å². The summed E-state index contributed by atoms with van der Waals surface area (Å²) in [4.78, 5) is 15.9. The molecule has 1 aromatic heterocycles. The summed E-state index contributed by atoms with van der Waals surface area (Å²) in [6.07, 6.45) is 5.51. The number of halogens is 1. The van der Waals surface area contributed by atoms with E-state index in [2.05, 4.69) is 24.1 Å². The van der Waals surface area contributed by atoms with Crippen LogP contribution in [0.15, 0.2) is 18.5 Å². The molecule has 0 saturated heterocycles. The highest BCUT2D eigenvalue weighted by Crippen LogP contribution is 2.29. The molecule has 0 bridgehead atoms. The standard InChI is InChI=1S/C14H21ClN2O2/c1-3-14(4-2,6-8-18)10-17-13(19)11-5-7-16-9-12(11)15/h5,7,9,18H,3-4,6,8,10H2,1-2H3,(H,17,19). The van der Waals surface area contributed by atoms with Crippen molar-refractivity contribution in [2.75, 3.05) is 13.2 Å². The number of carbonyl (C=O) groups excluding carboxylic acids is 1. The molecule has 0 unspecified atom stereocenters. The first-order valence-corrected chi connectivity index (χ1v) is 6.95. The number of aliphatic hydroxyl groups is 1. The number of rotatable bonds is 7. The highest BCUT2D eigenvalue weighted by Gasteiger charge is 2.26. The summed E-state index contributed by atoms with van der Waals surface area (Å²) in [5.41, 5.74) is 0.381. The predicted molar refractivity (Wildman–Crippen MR) is 76.3 cm³/mol. The third-order valence-electron chi connectivity index (χ3n) is 3.78. The second-order valence-electron chi connectivity index (χ2n) is 4.72. The zero-order chi connectivity index (χ0) is 14.3. The van der Waals surface area contributed by atoms with E-state index in [4.69, 9.17) is 16.7 Å². The summed E-state index contributed by atoms with van der Waals surface area (Å²) in [7, 11) is 0. The molecule has 1 heterocycles. The van der Waals surface area contributed by atoms with Gasteiger partial charge in [-0.3, -0.25) is 9.78 Å². The number of hydrogen-bond donors (Lipinski definition) is 2. The molecule has 19 heavy (non-hydrogen) atoms. The van der Waals surface area contributed by atoms with Gasteiger partial charge in [-0.2, -0.15) is 0 Å². The molecule has 0 atom stereocenters. The smallest absolute Gasteiger partial charge is 0.252 e. The zero-order valence-electron chi connectivity index (χ0n) is 11.4. The lowest BCUT2D eigenvalue weighted by Gasteiger charge is -2.31. The third kappa shape index (κ3) is 4.18. The van der Waals surface area contributed by atoms with Crippen LogP contribution >= 0.6 is 11.6 Å². The fraction of sp³-hybridized carbons (Fsp3) is 0.571. The maximum Gasteiger partial charge on any atom is 0.252 e. The van der Waals surface area contributed by atoms with Crippen LogP contribution in [-0.4, -0.2) is 29.1 Å². The SMILES string of the molecule is CCC(CC)(CCO)CNC(=O)c1ccncc1Cl. The Morgan fingerprint density at radius 3 is 2.68 bits per heavy atom. The number of nitrogens with zero attached hydrogens (tertiary/aromatic N) is 1. The molecule has 0 saturated carbocycles. The average Bonchev–Trinajstić information content (AvgIpc) is 2.44. The molecule has 4 nitrogen and oxygen atoms in total. The number of nitrogens with one attached hydrogen (secondary N) is 1. The fourth-order valence-corrected chi connectivity index (χ4v) is 2.31. The first kappa shape index (κ1) is 15.9. The molecular formula is C14H21ClN2O2. The van der Waals surface area contributed by atoms with Crippen molar-refractivity contribution >= 4 is 17.5 Å². The van der Waals surface area contributed by atoms with Crippen molar-refractivity contribution in [3.8, 4) is 0 Å². The van der Waals surface area contributed by atoms with E-state index < -0.39 is 0 Å². The van der Waals surface area contributed by atoms with E-state index in [9.17, 15) is 4.79 Å². The molecule has 5 heteroatoms. The van der Waals surface area contributed by atoms with Gasteiger partial charge >= 0.3 is 0 Å². The Kier molecular flexibility index (Phi) is 6.25. The second kappa shape index (κ2) is 7.46. The summed E-state index contributed by atoms with van der Waals surface area (Å²) in [5.74, 6) is -0.198. The minimum absolute atomic E-state index is 0.0517. The predicted octanol–water partition coefficient (Wildman–Crippen LogP) is 2.65. The number of aromatic nitrogens is 1. The normalized spacial score (nSPS) is 11.4. The highest BCUT2D eigenvalue weighted by atomic mass is 35.5. The molecule has 1 amide bonds. The molecule has 106 valence electrons. The fourth-order valence-electron chi connectivity index (χ4n) is 2.10. The monoisotopic (exact) mass is 284 g/mol. The topological polar surface area (TPSA) is 62.2 Å². The highest BCUT2D eigenvalue weighted by molar-refractivity contribution is 6.33. The van der Waals surface area contributed by atoms with Crippen LogP contribution in [-0.2, 0) is 0 Å². The lowest BCUT2D eigenvalue weighted by atomic mass is 9.79. The van der Waals surface area contributed by atoms with Gasteiger partial charge in [-0.1, -0.05) is 25.4 Å². The van der Waals surface area contributed by atoms with Crippen molar-refractivity contribution in [1.29, 1.82) is 0 Å². The number of amides is 1. The van der Waals surface area contributed by atoms with E-state index in [1.807, 2.05) is 0 Å². The maximum atomic E-state index is 12.1. The first-order chi connectivity index (χ1) is 9.08. The Bertz CT molecular complexity index is 420. The van der Waals surface area contributed by atoms with Gasteiger partial charge in [0.05, 0.1) is 10.6 Å². The molecule has 0 radical (unpaired) electrons. The maximum absolute atomic E-state index is 12.1. The molecule has 0 aliphatic carbocycles. The average molecular weight is 285 g/mol. The molecular weight excluding hydrogens is 264 g/mol. The minimum Gasteiger partial charge on any atom is -0.396 e. The van der Waals surface area contributed by atoms with Gasteiger partial charge in [0, 0.05) is 25.5 Å². The Morgan fingerprint density at radius 1 is 1.47 bits per heavy atom. The lowest BCUT2D eigenvalue weighted by Crippen LogP contribution is -2.37. The van der Waals surface area contributed by atoms with Crippen LogP contribution in [0.4, 0.5) is 0 Å². The third-order valence-corrected chi connectivity index (χ3v) is 4.08. The Morgan fingerprint density at radius 2 is 2.16 bits per heavy atom. The number of carbonyl (C=O) groups is 1. The largest absolute Gasteiger partial charge is 0.396 e. The molecule has 0 aliphatic rings. The number of aliphatic hydroxyl groups excluding tert-OH is 1.